The molecular formula is C16H19ClN4O4. The van der Waals surface area contributed by atoms with E-state index in [0.29, 0.717) is 12.2 Å². The van der Waals surface area contributed by atoms with Crippen LogP contribution in [0.1, 0.15) is 17.3 Å². The molecule has 0 radical (unpaired) electrons. The largest absolute Gasteiger partial charge is 0.496 e. The number of imidazole rings is 1. The number of carbonyl (C=O) groups is 2. The number of hydrogen-bond donors (Lipinski definition) is 2. The van der Waals surface area contributed by atoms with Crippen LogP contribution >= 0.6 is 11.6 Å². The zero-order chi connectivity index (χ0) is 18.4. The Morgan fingerprint density at radius 1 is 1.36 bits per heavy atom. The van der Waals surface area contributed by atoms with E-state index in [0.717, 1.165) is 0 Å². The van der Waals surface area contributed by atoms with Crippen molar-refractivity contribution in [2.45, 2.75) is 19.5 Å². The number of ether oxygens (including phenoxy) is 2. The van der Waals surface area contributed by atoms with Crippen LogP contribution in [0, 0.1) is 0 Å². The quantitative estimate of drug-likeness (QED) is 0.766. The highest BCUT2D eigenvalue weighted by atomic mass is 35.5. The number of halogens is 1. The predicted molar refractivity (Wildman–Crippen MR) is 93.2 cm³/mol. The van der Waals surface area contributed by atoms with Crippen molar-refractivity contribution in [2.24, 2.45) is 0 Å². The third-order valence-corrected chi connectivity index (χ3v) is 3.68. The molecule has 0 unspecified atom stereocenters. The van der Waals surface area contributed by atoms with Crippen LogP contribution in [0.15, 0.2) is 30.9 Å². The van der Waals surface area contributed by atoms with E-state index in [1.54, 1.807) is 12.5 Å². The molecule has 0 fully saturated rings. The topological polar surface area (TPSA) is 94.5 Å². The van der Waals surface area contributed by atoms with Crippen molar-refractivity contribution < 1.29 is 19.1 Å². The molecule has 0 saturated carbocycles. The molecule has 1 heterocycles. The molecule has 0 aliphatic heterocycles. The van der Waals surface area contributed by atoms with Gasteiger partial charge in [-0.1, -0.05) is 11.6 Å². The third-order valence-electron chi connectivity index (χ3n) is 3.36. The maximum absolute atomic E-state index is 12.1. The van der Waals surface area contributed by atoms with E-state index in [1.807, 2.05) is 17.7 Å². The van der Waals surface area contributed by atoms with Crippen molar-refractivity contribution in [2.75, 3.05) is 19.5 Å². The van der Waals surface area contributed by atoms with Crippen LogP contribution in [0.2, 0.25) is 5.02 Å². The van der Waals surface area contributed by atoms with Crippen LogP contribution in [0.25, 0.3) is 0 Å². The van der Waals surface area contributed by atoms with Gasteiger partial charge in [0.25, 0.3) is 0 Å². The molecule has 1 aromatic heterocycles. The number of amides is 2. The van der Waals surface area contributed by atoms with Gasteiger partial charge in [-0.05, 0) is 13.0 Å². The summed E-state index contributed by atoms with van der Waals surface area (Å²) in [6, 6.07) is 2.29. The molecule has 0 spiro atoms. The number of hydrogen-bond acceptors (Lipinski definition) is 5. The number of benzene rings is 1. The minimum Gasteiger partial charge on any atom is -0.496 e. The lowest BCUT2D eigenvalue weighted by Crippen LogP contribution is -2.38. The molecule has 2 amide bonds. The Labute approximate surface area is 150 Å². The summed E-state index contributed by atoms with van der Waals surface area (Å²) in [5.41, 5.74) is 0.493. The molecular weight excluding hydrogens is 348 g/mol. The highest BCUT2D eigenvalue weighted by Gasteiger charge is 2.18. The van der Waals surface area contributed by atoms with E-state index in [4.69, 9.17) is 16.3 Å². The Kier molecular flexibility index (Phi) is 6.24. The zero-order valence-corrected chi connectivity index (χ0v) is 14.8. The minimum atomic E-state index is -0.580. The number of esters is 1. The van der Waals surface area contributed by atoms with Gasteiger partial charge in [-0.3, -0.25) is 0 Å². The van der Waals surface area contributed by atoms with Crippen molar-refractivity contribution in [3.05, 3.63) is 41.4 Å². The Morgan fingerprint density at radius 3 is 2.72 bits per heavy atom. The molecule has 1 atom stereocenters. The fraction of sp³-hybridized carbons (Fsp3) is 0.312. The van der Waals surface area contributed by atoms with Crippen molar-refractivity contribution in [3.63, 3.8) is 0 Å². The molecule has 25 heavy (non-hydrogen) atoms. The second-order valence-corrected chi connectivity index (χ2v) is 5.69. The highest BCUT2D eigenvalue weighted by Crippen LogP contribution is 2.31. The fourth-order valence-corrected chi connectivity index (χ4v) is 2.44. The molecule has 134 valence electrons. The molecule has 0 aliphatic rings. The maximum atomic E-state index is 12.1. The van der Waals surface area contributed by atoms with Crippen LogP contribution in [-0.2, 0) is 11.3 Å². The van der Waals surface area contributed by atoms with E-state index >= 15 is 0 Å². The summed E-state index contributed by atoms with van der Waals surface area (Å²) < 4.78 is 11.7. The molecule has 2 aromatic rings. The SMILES string of the molecule is COC(=O)c1cc(Cl)c(NC(=O)N[C@H](C)Cn2ccnc2)cc1OC. The number of nitrogens with one attached hydrogen (secondary N) is 2. The maximum Gasteiger partial charge on any atom is 0.341 e. The average Bonchev–Trinajstić information content (AvgIpc) is 3.08. The van der Waals surface area contributed by atoms with Crippen molar-refractivity contribution >= 4 is 29.3 Å². The Bertz CT molecular complexity index is 749. The zero-order valence-electron chi connectivity index (χ0n) is 14.1. The van der Waals surface area contributed by atoms with Gasteiger partial charge < -0.3 is 24.7 Å². The monoisotopic (exact) mass is 366 g/mol. The number of carbonyl (C=O) groups excluding carboxylic acids is 2. The lowest BCUT2D eigenvalue weighted by molar-refractivity contribution is 0.0597. The molecule has 0 saturated heterocycles. The van der Waals surface area contributed by atoms with Crippen LogP contribution in [0.4, 0.5) is 10.5 Å². The van der Waals surface area contributed by atoms with Gasteiger partial charge in [0.05, 0.1) is 31.3 Å². The molecule has 8 nitrogen and oxygen atoms in total. The molecule has 2 N–H and O–H groups in total. The lowest BCUT2D eigenvalue weighted by Gasteiger charge is -2.16. The summed E-state index contributed by atoms with van der Waals surface area (Å²) >= 11 is 6.14. The summed E-state index contributed by atoms with van der Waals surface area (Å²) in [5, 5.41) is 5.62. The third kappa shape index (κ3) is 4.87. The normalized spacial score (nSPS) is 11.5. The fourth-order valence-electron chi connectivity index (χ4n) is 2.23. The molecule has 2 rings (SSSR count). The van der Waals surface area contributed by atoms with E-state index in [2.05, 4.69) is 20.4 Å². The van der Waals surface area contributed by atoms with Gasteiger partial charge in [0.2, 0.25) is 0 Å². The van der Waals surface area contributed by atoms with E-state index in [1.165, 1.54) is 26.4 Å². The first-order chi connectivity index (χ1) is 11.9. The van der Waals surface area contributed by atoms with Gasteiger partial charge in [0.15, 0.2) is 0 Å². The Hall–Kier alpha value is -2.74. The second kappa shape index (κ2) is 8.39. The van der Waals surface area contributed by atoms with Crippen LogP contribution in [0.5, 0.6) is 5.75 Å². The van der Waals surface area contributed by atoms with Crippen LogP contribution < -0.4 is 15.4 Å². The lowest BCUT2D eigenvalue weighted by atomic mass is 10.1. The number of methoxy groups -OCH3 is 2. The number of anilines is 1. The first-order valence-corrected chi connectivity index (χ1v) is 7.81. The molecule has 1 aromatic carbocycles. The van der Waals surface area contributed by atoms with Gasteiger partial charge in [-0.15, -0.1) is 0 Å². The predicted octanol–water partition coefficient (Wildman–Crippen LogP) is 2.54. The molecule has 9 heteroatoms. The van der Waals surface area contributed by atoms with Gasteiger partial charge >= 0.3 is 12.0 Å². The Balaban J connectivity index is 2.06. The average molecular weight is 367 g/mol. The number of aromatic nitrogens is 2. The smallest absolute Gasteiger partial charge is 0.341 e. The highest BCUT2D eigenvalue weighted by molar-refractivity contribution is 6.34. The summed E-state index contributed by atoms with van der Waals surface area (Å²) in [6.07, 6.45) is 5.15. The number of urea groups is 1. The van der Waals surface area contributed by atoms with Gasteiger partial charge in [0, 0.05) is 31.0 Å². The first-order valence-electron chi connectivity index (χ1n) is 7.43. The van der Waals surface area contributed by atoms with E-state index in [-0.39, 0.29) is 22.4 Å². The standard InChI is InChI=1S/C16H19ClN4O4/c1-10(8-21-5-4-18-9-21)19-16(23)20-13-7-14(24-2)11(6-12(13)17)15(22)25-3/h4-7,9-10H,8H2,1-3H3,(H2,19,20,23)/t10-/m1/s1. The Morgan fingerprint density at radius 2 is 2.12 bits per heavy atom. The van der Waals surface area contributed by atoms with E-state index < -0.39 is 12.0 Å². The number of rotatable bonds is 6. The summed E-state index contributed by atoms with van der Waals surface area (Å²) in [6.45, 7) is 2.44. The first kappa shape index (κ1) is 18.6. The van der Waals surface area contributed by atoms with Gasteiger partial charge in [-0.25, -0.2) is 14.6 Å². The van der Waals surface area contributed by atoms with Crippen LogP contribution in [0.3, 0.4) is 0 Å². The summed E-state index contributed by atoms with van der Waals surface area (Å²) in [7, 11) is 2.67. The van der Waals surface area contributed by atoms with Crippen molar-refractivity contribution in [1.82, 2.24) is 14.9 Å². The second-order valence-electron chi connectivity index (χ2n) is 5.28. The van der Waals surface area contributed by atoms with Gasteiger partial charge in [0.1, 0.15) is 11.3 Å². The van der Waals surface area contributed by atoms with Crippen molar-refractivity contribution in [3.8, 4) is 5.75 Å². The number of nitrogens with zero attached hydrogens (tertiary/aromatic N) is 2. The van der Waals surface area contributed by atoms with Crippen molar-refractivity contribution in [1.29, 1.82) is 0 Å². The molecule has 0 bridgehead atoms. The molecule has 0 aliphatic carbocycles. The summed E-state index contributed by atoms with van der Waals surface area (Å²) in [4.78, 5) is 27.8. The van der Waals surface area contributed by atoms with Crippen LogP contribution in [-0.4, -0.2) is 41.8 Å². The minimum absolute atomic E-state index is 0.135. The van der Waals surface area contributed by atoms with E-state index in [9.17, 15) is 9.59 Å². The summed E-state index contributed by atoms with van der Waals surface area (Å²) in [5.74, 6) is -0.332. The van der Waals surface area contributed by atoms with Gasteiger partial charge in [-0.2, -0.15) is 0 Å².